The van der Waals surface area contributed by atoms with Crippen molar-refractivity contribution >= 4 is 41.0 Å². The fourth-order valence-electron chi connectivity index (χ4n) is 3.27. The van der Waals surface area contributed by atoms with Crippen molar-refractivity contribution in [2.24, 2.45) is 4.99 Å². The maximum atomic E-state index is 12.5. The van der Waals surface area contributed by atoms with E-state index in [0.29, 0.717) is 24.6 Å². The van der Waals surface area contributed by atoms with Crippen LogP contribution in [-0.4, -0.2) is 41.9 Å². The molecule has 32 heavy (non-hydrogen) atoms. The average Bonchev–Trinajstić information content (AvgIpc) is 3.07. The Hall–Kier alpha value is -2.50. The van der Waals surface area contributed by atoms with Crippen LogP contribution in [0.2, 0.25) is 0 Å². The number of para-hydroxylation sites is 3. The lowest BCUT2D eigenvalue weighted by Crippen LogP contribution is -2.37. The second-order valence-corrected chi connectivity index (χ2v) is 7.02. The zero-order chi connectivity index (χ0) is 22.3. The van der Waals surface area contributed by atoms with Gasteiger partial charge in [-0.3, -0.25) is 4.99 Å². The Morgan fingerprint density at radius 2 is 1.81 bits per heavy atom. The summed E-state index contributed by atoms with van der Waals surface area (Å²) in [6, 6.07) is 14.7. The second kappa shape index (κ2) is 11.9. The Morgan fingerprint density at radius 3 is 2.56 bits per heavy atom. The summed E-state index contributed by atoms with van der Waals surface area (Å²) in [6.07, 6.45) is -3.52. The number of nitrogens with one attached hydrogen (secondary N) is 2. The van der Waals surface area contributed by atoms with Gasteiger partial charge >= 0.3 is 6.18 Å². The largest absolute Gasteiger partial charge is 0.484 e. The number of benzene rings is 2. The Morgan fingerprint density at radius 1 is 1.09 bits per heavy atom. The second-order valence-electron chi connectivity index (χ2n) is 7.02. The molecule has 0 radical (unpaired) electrons. The van der Waals surface area contributed by atoms with Gasteiger partial charge in [-0.05, 0) is 31.5 Å². The molecular formula is C22H27F3IN5O. The summed E-state index contributed by atoms with van der Waals surface area (Å²) in [4.78, 5) is 8.74. The monoisotopic (exact) mass is 561 g/mol. The molecule has 1 aromatic heterocycles. The Balaban J connectivity index is 0.00000363. The molecule has 0 aliphatic carbocycles. The van der Waals surface area contributed by atoms with Crippen LogP contribution in [0.15, 0.2) is 53.5 Å². The summed E-state index contributed by atoms with van der Waals surface area (Å²) in [5, 5.41) is 6.35. The van der Waals surface area contributed by atoms with Gasteiger partial charge in [-0.1, -0.05) is 30.3 Å². The average molecular weight is 561 g/mol. The molecule has 0 unspecified atom stereocenters. The number of aliphatic imine (C=N–C) groups is 1. The highest BCUT2D eigenvalue weighted by Crippen LogP contribution is 2.22. The predicted molar refractivity (Wildman–Crippen MR) is 131 cm³/mol. The SMILES string of the molecule is CN=C(NCCCn1c(C)nc2ccccc21)NCc1ccccc1OCC(F)(F)F.I. The number of guanidine groups is 1. The number of rotatable bonds is 8. The van der Waals surface area contributed by atoms with Crippen LogP contribution in [-0.2, 0) is 13.1 Å². The molecule has 0 saturated heterocycles. The van der Waals surface area contributed by atoms with Gasteiger partial charge in [0, 0.05) is 32.2 Å². The summed E-state index contributed by atoms with van der Waals surface area (Å²) in [5.41, 5.74) is 2.71. The minimum absolute atomic E-state index is 0. The van der Waals surface area contributed by atoms with Gasteiger partial charge < -0.3 is 19.9 Å². The van der Waals surface area contributed by atoms with E-state index in [1.165, 1.54) is 6.07 Å². The van der Waals surface area contributed by atoms with Crippen LogP contribution in [0.1, 0.15) is 17.8 Å². The summed E-state index contributed by atoms with van der Waals surface area (Å²) in [5.74, 6) is 1.74. The molecular weight excluding hydrogens is 534 g/mol. The van der Waals surface area contributed by atoms with Gasteiger partial charge in [0.1, 0.15) is 11.6 Å². The van der Waals surface area contributed by atoms with Crippen LogP contribution < -0.4 is 15.4 Å². The third-order valence-corrected chi connectivity index (χ3v) is 4.73. The number of alkyl halides is 3. The maximum absolute atomic E-state index is 12.5. The lowest BCUT2D eigenvalue weighted by atomic mass is 10.2. The maximum Gasteiger partial charge on any atom is 0.422 e. The fraction of sp³-hybridized carbons (Fsp3) is 0.364. The van der Waals surface area contributed by atoms with Crippen molar-refractivity contribution in [2.45, 2.75) is 32.6 Å². The first-order chi connectivity index (χ1) is 14.9. The van der Waals surface area contributed by atoms with Crippen molar-refractivity contribution in [2.75, 3.05) is 20.2 Å². The topological polar surface area (TPSA) is 63.5 Å². The zero-order valence-electron chi connectivity index (χ0n) is 17.9. The van der Waals surface area contributed by atoms with E-state index >= 15 is 0 Å². The van der Waals surface area contributed by atoms with Gasteiger partial charge in [0.15, 0.2) is 12.6 Å². The van der Waals surface area contributed by atoms with E-state index < -0.39 is 12.8 Å². The predicted octanol–water partition coefficient (Wildman–Crippen LogP) is 4.66. The van der Waals surface area contributed by atoms with Crippen LogP contribution in [0.25, 0.3) is 11.0 Å². The standard InChI is InChI=1S/C22H26F3N5O.HI/c1-16-29-18-9-4-5-10-19(18)30(16)13-7-12-27-21(26-2)28-14-17-8-3-6-11-20(17)31-15-22(23,24)25;/h3-6,8-11H,7,12-15H2,1-2H3,(H2,26,27,28);1H. The van der Waals surface area contributed by atoms with Crippen LogP contribution in [0, 0.1) is 6.92 Å². The van der Waals surface area contributed by atoms with E-state index in [1.807, 2.05) is 25.1 Å². The molecule has 3 rings (SSSR count). The molecule has 3 aromatic rings. The number of fused-ring (bicyclic) bond motifs is 1. The van der Waals surface area contributed by atoms with Crippen molar-refractivity contribution in [1.29, 1.82) is 0 Å². The van der Waals surface area contributed by atoms with Gasteiger partial charge in [-0.15, -0.1) is 24.0 Å². The van der Waals surface area contributed by atoms with Crippen molar-refractivity contribution < 1.29 is 17.9 Å². The fourth-order valence-corrected chi connectivity index (χ4v) is 3.27. The van der Waals surface area contributed by atoms with Crippen LogP contribution in [0.3, 0.4) is 0 Å². The van der Waals surface area contributed by atoms with E-state index in [4.69, 9.17) is 4.74 Å². The molecule has 6 nitrogen and oxygen atoms in total. The van der Waals surface area contributed by atoms with E-state index in [9.17, 15) is 13.2 Å². The molecule has 2 aromatic carbocycles. The summed E-state index contributed by atoms with van der Waals surface area (Å²) in [7, 11) is 1.65. The molecule has 0 amide bonds. The van der Waals surface area contributed by atoms with E-state index in [-0.39, 0.29) is 29.7 Å². The molecule has 0 atom stereocenters. The number of aryl methyl sites for hydroxylation is 2. The molecule has 0 bridgehead atoms. The Kier molecular flexibility index (Phi) is 9.60. The molecule has 10 heteroatoms. The molecule has 0 aliphatic rings. The van der Waals surface area contributed by atoms with E-state index in [0.717, 1.165) is 29.8 Å². The lowest BCUT2D eigenvalue weighted by molar-refractivity contribution is -0.153. The van der Waals surface area contributed by atoms with Crippen molar-refractivity contribution in [3.8, 4) is 5.75 Å². The highest BCUT2D eigenvalue weighted by molar-refractivity contribution is 14.0. The first-order valence-electron chi connectivity index (χ1n) is 10.0. The lowest BCUT2D eigenvalue weighted by Gasteiger charge is -2.16. The number of nitrogens with zero attached hydrogens (tertiary/aromatic N) is 3. The summed E-state index contributed by atoms with van der Waals surface area (Å²) >= 11 is 0. The van der Waals surface area contributed by atoms with E-state index in [1.54, 1.807) is 25.2 Å². The number of hydrogen-bond donors (Lipinski definition) is 2. The van der Waals surface area contributed by atoms with Crippen LogP contribution >= 0.6 is 24.0 Å². The number of hydrogen-bond acceptors (Lipinski definition) is 3. The summed E-state index contributed by atoms with van der Waals surface area (Å²) < 4.78 is 44.5. The molecule has 0 saturated carbocycles. The van der Waals surface area contributed by atoms with Gasteiger partial charge in [0.25, 0.3) is 0 Å². The first-order valence-corrected chi connectivity index (χ1v) is 10.0. The molecule has 0 aliphatic heterocycles. The minimum atomic E-state index is -4.38. The smallest absolute Gasteiger partial charge is 0.422 e. The van der Waals surface area contributed by atoms with Crippen LogP contribution in [0.4, 0.5) is 13.2 Å². The van der Waals surface area contributed by atoms with Gasteiger partial charge in [-0.2, -0.15) is 13.2 Å². The number of aromatic nitrogens is 2. The third kappa shape index (κ3) is 7.28. The molecule has 174 valence electrons. The number of imidazole rings is 1. The highest BCUT2D eigenvalue weighted by Gasteiger charge is 2.28. The van der Waals surface area contributed by atoms with Gasteiger partial charge in [0.2, 0.25) is 0 Å². The number of halogens is 4. The van der Waals surface area contributed by atoms with Crippen LogP contribution in [0.5, 0.6) is 5.75 Å². The Bertz CT molecular complexity index is 1040. The van der Waals surface area contributed by atoms with Crippen molar-refractivity contribution in [3.05, 3.63) is 59.9 Å². The molecule has 2 N–H and O–H groups in total. The van der Waals surface area contributed by atoms with Gasteiger partial charge in [-0.25, -0.2) is 4.98 Å². The summed E-state index contributed by atoms with van der Waals surface area (Å²) in [6.45, 7) is 2.45. The third-order valence-electron chi connectivity index (χ3n) is 4.73. The van der Waals surface area contributed by atoms with E-state index in [2.05, 4.69) is 31.2 Å². The van der Waals surface area contributed by atoms with Crippen molar-refractivity contribution in [1.82, 2.24) is 20.2 Å². The number of ether oxygens (including phenoxy) is 1. The Labute approximate surface area is 202 Å². The molecule has 0 fully saturated rings. The highest BCUT2D eigenvalue weighted by atomic mass is 127. The quantitative estimate of drug-likeness (QED) is 0.182. The zero-order valence-corrected chi connectivity index (χ0v) is 20.3. The van der Waals surface area contributed by atoms with Gasteiger partial charge in [0.05, 0.1) is 11.0 Å². The van der Waals surface area contributed by atoms with Crippen molar-refractivity contribution in [3.63, 3.8) is 0 Å². The normalized spacial score (nSPS) is 11.8. The first kappa shape index (κ1) is 25.8. The minimum Gasteiger partial charge on any atom is -0.484 e. The molecule has 1 heterocycles. The molecule has 0 spiro atoms.